The van der Waals surface area contributed by atoms with Crippen LogP contribution in [0.25, 0.3) is 0 Å². The molecule has 0 bridgehead atoms. The van der Waals surface area contributed by atoms with Gasteiger partial charge in [0.25, 0.3) is 0 Å². The Kier molecular flexibility index (Phi) is 4.55. The van der Waals surface area contributed by atoms with Gasteiger partial charge in [0.05, 0.1) is 6.54 Å². The monoisotopic (exact) mass is 272 g/mol. The van der Waals surface area contributed by atoms with Gasteiger partial charge in [-0.25, -0.2) is 9.67 Å². The van der Waals surface area contributed by atoms with E-state index in [1.54, 1.807) is 12.7 Å². The fourth-order valence-electron chi connectivity index (χ4n) is 2.03. The molecule has 1 aromatic heterocycles. The molecule has 0 aliphatic heterocycles. The molecule has 0 radical (unpaired) electrons. The Balaban J connectivity index is 1.93. The molecule has 0 saturated carbocycles. The second-order valence-electron chi connectivity index (χ2n) is 6.37. The van der Waals surface area contributed by atoms with E-state index in [1.807, 2.05) is 4.68 Å². The molecule has 0 aliphatic carbocycles. The number of hydrogen-bond acceptors (Lipinski definition) is 3. The Labute approximate surface area is 121 Å². The first-order chi connectivity index (χ1) is 9.44. The Morgan fingerprint density at radius 3 is 2.45 bits per heavy atom. The van der Waals surface area contributed by atoms with Gasteiger partial charge in [0.1, 0.15) is 12.7 Å². The summed E-state index contributed by atoms with van der Waals surface area (Å²) in [6, 6.07) is 8.76. The summed E-state index contributed by atoms with van der Waals surface area (Å²) < 4.78 is 1.83. The summed E-state index contributed by atoms with van der Waals surface area (Å²) in [7, 11) is 0. The normalized spacial score (nSPS) is 13.4. The fourth-order valence-corrected chi connectivity index (χ4v) is 2.03. The average Bonchev–Trinajstić information content (AvgIpc) is 2.89. The summed E-state index contributed by atoms with van der Waals surface area (Å²) in [5, 5.41) is 7.67. The van der Waals surface area contributed by atoms with Gasteiger partial charge in [-0.1, -0.05) is 31.2 Å². The van der Waals surface area contributed by atoms with Crippen LogP contribution >= 0.6 is 0 Å². The molecule has 0 saturated heterocycles. The molecular weight excluding hydrogens is 248 g/mol. The summed E-state index contributed by atoms with van der Waals surface area (Å²) >= 11 is 0. The zero-order chi connectivity index (χ0) is 14.6. The zero-order valence-electron chi connectivity index (χ0n) is 12.8. The molecule has 2 rings (SSSR count). The van der Waals surface area contributed by atoms with Crippen LogP contribution in [0, 0.1) is 0 Å². The molecule has 0 spiro atoms. The van der Waals surface area contributed by atoms with E-state index in [4.69, 9.17) is 0 Å². The maximum Gasteiger partial charge on any atom is 0.137 e. The van der Waals surface area contributed by atoms with Crippen LogP contribution in [-0.2, 0) is 6.54 Å². The molecule has 0 aliphatic rings. The number of benzene rings is 1. The van der Waals surface area contributed by atoms with Gasteiger partial charge in [-0.15, -0.1) is 0 Å². The summed E-state index contributed by atoms with van der Waals surface area (Å²) in [4.78, 5) is 3.96. The maximum absolute atomic E-state index is 4.12. The van der Waals surface area contributed by atoms with Crippen LogP contribution in [0.1, 0.15) is 44.7 Å². The lowest BCUT2D eigenvalue weighted by molar-refractivity contribution is 0.412. The minimum atomic E-state index is 0.168. The fraction of sp³-hybridized carbons (Fsp3) is 0.500. The van der Waals surface area contributed by atoms with Gasteiger partial charge < -0.3 is 5.32 Å². The number of rotatable bonds is 5. The first-order valence-corrected chi connectivity index (χ1v) is 7.10. The van der Waals surface area contributed by atoms with Gasteiger partial charge in [-0.05, 0) is 37.8 Å². The van der Waals surface area contributed by atoms with E-state index in [1.165, 1.54) is 11.1 Å². The average molecular weight is 272 g/mol. The minimum Gasteiger partial charge on any atom is -0.311 e. The Hall–Kier alpha value is -1.68. The molecule has 20 heavy (non-hydrogen) atoms. The van der Waals surface area contributed by atoms with Gasteiger partial charge in [0.15, 0.2) is 0 Å². The van der Waals surface area contributed by atoms with Crippen molar-refractivity contribution >= 4 is 0 Å². The molecule has 1 unspecified atom stereocenters. The lowest BCUT2D eigenvalue weighted by Gasteiger charge is -2.23. The van der Waals surface area contributed by atoms with Crippen LogP contribution in [0.2, 0.25) is 0 Å². The molecular formula is C16H24N4. The molecule has 0 amide bonds. The predicted octanol–water partition coefficient (Wildman–Crippen LogP) is 2.82. The van der Waals surface area contributed by atoms with Crippen LogP contribution in [0.5, 0.6) is 0 Å². The molecule has 2 aromatic rings. The second kappa shape index (κ2) is 6.18. The predicted molar refractivity (Wildman–Crippen MR) is 81.7 cm³/mol. The lowest BCUT2D eigenvalue weighted by atomic mass is 9.98. The van der Waals surface area contributed by atoms with E-state index in [0.717, 1.165) is 13.1 Å². The van der Waals surface area contributed by atoms with Crippen molar-refractivity contribution in [3.05, 3.63) is 48.0 Å². The van der Waals surface area contributed by atoms with Crippen molar-refractivity contribution in [3.63, 3.8) is 0 Å². The van der Waals surface area contributed by atoms with Crippen LogP contribution in [0.15, 0.2) is 36.9 Å². The van der Waals surface area contributed by atoms with Crippen molar-refractivity contribution in [2.24, 2.45) is 0 Å². The van der Waals surface area contributed by atoms with Crippen LogP contribution < -0.4 is 5.32 Å². The van der Waals surface area contributed by atoms with E-state index in [9.17, 15) is 0 Å². The molecule has 0 fully saturated rings. The third-order valence-corrected chi connectivity index (χ3v) is 3.30. The summed E-state index contributed by atoms with van der Waals surface area (Å²) in [5.41, 5.74) is 2.78. The van der Waals surface area contributed by atoms with Crippen LogP contribution in [-0.4, -0.2) is 26.8 Å². The SMILES string of the molecule is CC(CNC(C)(C)C)c1ccc(Cn2cncn2)cc1. The quantitative estimate of drug-likeness (QED) is 0.910. The first kappa shape index (κ1) is 14.7. The highest BCUT2D eigenvalue weighted by Crippen LogP contribution is 2.16. The third-order valence-electron chi connectivity index (χ3n) is 3.30. The van der Waals surface area contributed by atoms with E-state index in [2.05, 4.69) is 67.4 Å². The molecule has 1 N–H and O–H groups in total. The maximum atomic E-state index is 4.12. The molecule has 1 aromatic carbocycles. The van der Waals surface area contributed by atoms with Crippen molar-refractivity contribution in [3.8, 4) is 0 Å². The lowest BCUT2D eigenvalue weighted by Crippen LogP contribution is -2.38. The standard InChI is InChI=1S/C16H24N4/c1-13(9-18-16(2,3)4)15-7-5-14(6-8-15)10-20-12-17-11-19-20/h5-8,11-13,18H,9-10H2,1-4H3. The number of aromatic nitrogens is 3. The van der Waals surface area contributed by atoms with Crippen molar-refractivity contribution < 1.29 is 0 Å². The topological polar surface area (TPSA) is 42.7 Å². The van der Waals surface area contributed by atoms with E-state index in [0.29, 0.717) is 5.92 Å². The van der Waals surface area contributed by atoms with Crippen LogP contribution in [0.4, 0.5) is 0 Å². The first-order valence-electron chi connectivity index (χ1n) is 7.10. The smallest absolute Gasteiger partial charge is 0.137 e. The van der Waals surface area contributed by atoms with E-state index in [-0.39, 0.29) is 5.54 Å². The summed E-state index contributed by atoms with van der Waals surface area (Å²) in [6.07, 6.45) is 3.30. The Morgan fingerprint density at radius 1 is 1.20 bits per heavy atom. The van der Waals surface area contributed by atoms with E-state index >= 15 is 0 Å². The summed E-state index contributed by atoms with van der Waals surface area (Å²) in [5.74, 6) is 0.509. The number of nitrogens with one attached hydrogen (secondary N) is 1. The van der Waals surface area contributed by atoms with Gasteiger partial charge in [-0.3, -0.25) is 0 Å². The highest BCUT2D eigenvalue weighted by Gasteiger charge is 2.12. The summed E-state index contributed by atoms with van der Waals surface area (Å²) in [6.45, 7) is 10.6. The molecule has 1 heterocycles. The Bertz CT molecular complexity index is 508. The second-order valence-corrected chi connectivity index (χ2v) is 6.37. The zero-order valence-corrected chi connectivity index (χ0v) is 12.8. The van der Waals surface area contributed by atoms with Gasteiger partial charge in [0.2, 0.25) is 0 Å². The molecule has 4 heteroatoms. The van der Waals surface area contributed by atoms with Gasteiger partial charge >= 0.3 is 0 Å². The van der Waals surface area contributed by atoms with Crippen molar-refractivity contribution in [2.45, 2.75) is 45.7 Å². The van der Waals surface area contributed by atoms with Gasteiger partial charge in [-0.2, -0.15) is 5.10 Å². The molecule has 1 atom stereocenters. The van der Waals surface area contributed by atoms with E-state index < -0.39 is 0 Å². The van der Waals surface area contributed by atoms with Crippen LogP contribution in [0.3, 0.4) is 0 Å². The Morgan fingerprint density at radius 2 is 1.90 bits per heavy atom. The van der Waals surface area contributed by atoms with Crippen molar-refractivity contribution in [1.29, 1.82) is 0 Å². The highest BCUT2D eigenvalue weighted by atomic mass is 15.3. The largest absolute Gasteiger partial charge is 0.311 e. The highest BCUT2D eigenvalue weighted by molar-refractivity contribution is 5.25. The van der Waals surface area contributed by atoms with Crippen molar-refractivity contribution in [1.82, 2.24) is 20.1 Å². The molecule has 4 nitrogen and oxygen atoms in total. The molecule has 108 valence electrons. The van der Waals surface area contributed by atoms with Crippen molar-refractivity contribution in [2.75, 3.05) is 6.54 Å². The number of hydrogen-bond donors (Lipinski definition) is 1. The minimum absolute atomic E-state index is 0.168. The van der Waals surface area contributed by atoms with Gasteiger partial charge in [0, 0.05) is 12.1 Å². The third kappa shape index (κ3) is 4.46. The number of nitrogens with zero attached hydrogens (tertiary/aromatic N) is 3.